The molecule has 0 bridgehead atoms. The molecule has 18 heavy (non-hydrogen) atoms. The SMILES string of the molecule is O=C(O)CC(NC(=O)C(F)(F)F)c1ccccn1. The van der Waals surface area contributed by atoms with Gasteiger partial charge in [-0.1, -0.05) is 6.07 Å². The average molecular weight is 262 g/mol. The quantitative estimate of drug-likeness (QED) is 0.856. The number of hydrogen-bond acceptors (Lipinski definition) is 3. The molecule has 0 radical (unpaired) electrons. The third-order valence-electron chi connectivity index (χ3n) is 1.99. The summed E-state index contributed by atoms with van der Waals surface area (Å²) in [4.78, 5) is 25.0. The molecule has 1 atom stereocenters. The lowest BCUT2D eigenvalue weighted by molar-refractivity contribution is -0.174. The van der Waals surface area contributed by atoms with Crippen LogP contribution in [0, 0.1) is 0 Å². The number of carboxylic acid groups (broad SMARTS) is 1. The Hall–Kier alpha value is -2.12. The van der Waals surface area contributed by atoms with Crippen molar-refractivity contribution in [1.29, 1.82) is 0 Å². The number of halogens is 3. The number of aliphatic carboxylic acids is 1. The van der Waals surface area contributed by atoms with E-state index in [0.717, 1.165) is 0 Å². The smallest absolute Gasteiger partial charge is 0.471 e. The van der Waals surface area contributed by atoms with Gasteiger partial charge in [-0.05, 0) is 12.1 Å². The summed E-state index contributed by atoms with van der Waals surface area (Å²) in [6.07, 6.45) is -4.45. The fourth-order valence-electron chi connectivity index (χ4n) is 1.23. The van der Waals surface area contributed by atoms with Gasteiger partial charge in [0.25, 0.3) is 0 Å². The van der Waals surface area contributed by atoms with Gasteiger partial charge in [-0.25, -0.2) is 0 Å². The van der Waals surface area contributed by atoms with Crippen LogP contribution < -0.4 is 5.32 Å². The van der Waals surface area contributed by atoms with Crippen molar-refractivity contribution in [2.24, 2.45) is 0 Å². The zero-order chi connectivity index (χ0) is 13.8. The molecule has 0 spiro atoms. The first-order valence-corrected chi connectivity index (χ1v) is 4.81. The Labute approximate surface area is 99.6 Å². The molecule has 0 saturated heterocycles. The van der Waals surface area contributed by atoms with Gasteiger partial charge >= 0.3 is 18.1 Å². The Morgan fingerprint density at radius 2 is 2.06 bits per heavy atom. The maximum atomic E-state index is 12.1. The molecule has 1 rings (SSSR count). The van der Waals surface area contributed by atoms with E-state index in [1.165, 1.54) is 24.4 Å². The van der Waals surface area contributed by atoms with Crippen LogP contribution in [0.1, 0.15) is 18.2 Å². The Balaban J connectivity index is 2.87. The summed E-state index contributed by atoms with van der Waals surface area (Å²) in [7, 11) is 0. The number of rotatable bonds is 4. The van der Waals surface area contributed by atoms with E-state index in [1.54, 1.807) is 5.32 Å². The first-order valence-electron chi connectivity index (χ1n) is 4.81. The molecule has 8 heteroatoms. The number of pyridine rings is 1. The molecule has 0 saturated carbocycles. The van der Waals surface area contributed by atoms with Crippen LogP contribution in [0.5, 0.6) is 0 Å². The molecule has 0 aliphatic carbocycles. The van der Waals surface area contributed by atoms with E-state index in [1.807, 2.05) is 0 Å². The van der Waals surface area contributed by atoms with Crippen molar-refractivity contribution in [2.45, 2.75) is 18.6 Å². The molecule has 1 amide bonds. The molecule has 1 aromatic rings. The van der Waals surface area contributed by atoms with Gasteiger partial charge in [0.1, 0.15) is 0 Å². The molecule has 0 aliphatic heterocycles. The van der Waals surface area contributed by atoms with Crippen LogP contribution in [-0.4, -0.2) is 28.1 Å². The van der Waals surface area contributed by atoms with Crippen LogP contribution in [0.2, 0.25) is 0 Å². The second-order valence-electron chi connectivity index (χ2n) is 3.38. The normalized spacial score (nSPS) is 12.8. The van der Waals surface area contributed by atoms with E-state index in [-0.39, 0.29) is 5.69 Å². The maximum Gasteiger partial charge on any atom is 0.471 e. The highest BCUT2D eigenvalue weighted by molar-refractivity contribution is 5.82. The van der Waals surface area contributed by atoms with Crippen molar-refractivity contribution >= 4 is 11.9 Å². The molecule has 0 fully saturated rings. The van der Waals surface area contributed by atoms with E-state index in [4.69, 9.17) is 5.11 Å². The van der Waals surface area contributed by atoms with Gasteiger partial charge in [-0.2, -0.15) is 13.2 Å². The fraction of sp³-hybridized carbons (Fsp3) is 0.300. The first kappa shape index (κ1) is 13.9. The zero-order valence-corrected chi connectivity index (χ0v) is 8.94. The molecule has 1 unspecified atom stereocenters. The molecule has 0 aliphatic rings. The molecule has 1 aromatic heterocycles. The lowest BCUT2D eigenvalue weighted by Crippen LogP contribution is -2.40. The van der Waals surface area contributed by atoms with E-state index in [9.17, 15) is 22.8 Å². The molecule has 5 nitrogen and oxygen atoms in total. The highest BCUT2D eigenvalue weighted by Gasteiger charge is 2.40. The summed E-state index contributed by atoms with van der Waals surface area (Å²) in [5.41, 5.74) is 0.0532. The number of nitrogens with one attached hydrogen (secondary N) is 1. The summed E-state index contributed by atoms with van der Waals surface area (Å²) >= 11 is 0. The topological polar surface area (TPSA) is 79.3 Å². The van der Waals surface area contributed by atoms with Crippen LogP contribution in [0.25, 0.3) is 0 Å². The maximum absolute atomic E-state index is 12.1. The highest BCUT2D eigenvalue weighted by atomic mass is 19.4. The highest BCUT2D eigenvalue weighted by Crippen LogP contribution is 2.19. The zero-order valence-electron chi connectivity index (χ0n) is 8.94. The van der Waals surface area contributed by atoms with Crippen molar-refractivity contribution in [3.05, 3.63) is 30.1 Å². The van der Waals surface area contributed by atoms with Crippen LogP contribution in [0.4, 0.5) is 13.2 Å². The summed E-state index contributed by atoms with van der Waals surface area (Å²) < 4.78 is 36.2. The number of hydrogen-bond donors (Lipinski definition) is 2. The predicted octanol–water partition coefficient (Wildman–Crippen LogP) is 1.28. The molecule has 1 heterocycles. The third kappa shape index (κ3) is 4.04. The number of alkyl halides is 3. The van der Waals surface area contributed by atoms with Gasteiger partial charge in [-0.3, -0.25) is 14.6 Å². The van der Waals surface area contributed by atoms with Gasteiger partial charge in [0.2, 0.25) is 0 Å². The minimum atomic E-state index is -5.06. The van der Waals surface area contributed by atoms with Crippen LogP contribution >= 0.6 is 0 Å². The van der Waals surface area contributed by atoms with Crippen LogP contribution in [0.15, 0.2) is 24.4 Å². The Kier molecular flexibility index (Phi) is 4.24. The monoisotopic (exact) mass is 262 g/mol. The van der Waals surface area contributed by atoms with Crippen LogP contribution in [0.3, 0.4) is 0 Å². The van der Waals surface area contributed by atoms with Crippen molar-refractivity contribution < 1.29 is 27.9 Å². The molecular weight excluding hydrogens is 253 g/mol. The average Bonchev–Trinajstić information content (AvgIpc) is 2.27. The van der Waals surface area contributed by atoms with E-state index in [0.29, 0.717) is 0 Å². The molecule has 2 N–H and O–H groups in total. The minimum Gasteiger partial charge on any atom is -0.481 e. The number of carboxylic acids is 1. The molecule has 98 valence electrons. The summed E-state index contributed by atoms with van der Waals surface area (Å²) in [5.74, 6) is -3.53. The number of nitrogens with zero attached hydrogens (tertiary/aromatic N) is 1. The van der Waals surface area contributed by atoms with E-state index >= 15 is 0 Å². The Morgan fingerprint density at radius 3 is 2.50 bits per heavy atom. The second kappa shape index (κ2) is 5.48. The predicted molar refractivity (Wildman–Crippen MR) is 53.4 cm³/mol. The summed E-state index contributed by atoms with van der Waals surface area (Å²) in [6, 6.07) is 3.02. The lowest BCUT2D eigenvalue weighted by Gasteiger charge is -2.17. The lowest BCUT2D eigenvalue weighted by atomic mass is 10.1. The van der Waals surface area contributed by atoms with Gasteiger partial charge in [0.05, 0.1) is 18.2 Å². The molecular formula is C10H9F3N2O3. The van der Waals surface area contributed by atoms with Gasteiger partial charge in [0.15, 0.2) is 0 Å². The van der Waals surface area contributed by atoms with Crippen molar-refractivity contribution in [1.82, 2.24) is 10.3 Å². The van der Waals surface area contributed by atoms with Crippen molar-refractivity contribution in [3.8, 4) is 0 Å². The number of aromatic nitrogens is 1. The summed E-state index contributed by atoms with van der Waals surface area (Å²) in [6.45, 7) is 0. The standard InChI is InChI=1S/C10H9F3N2O3/c11-10(12,13)9(18)15-7(5-8(16)17)6-3-1-2-4-14-6/h1-4,7H,5H2,(H,15,18)(H,16,17). The van der Waals surface area contributed by atoms with Crippen molar-refractivity contribution in [3.63, 3.8) is 0 Å². The minimum absolute atomic E-state index is 0.0532. The second-order valence-corrected chi connectivity index (χ2v) is 3.38. The van der Waals surface area contributed by atoms with Crippen molar-refractivity contribution in [2.75, 3.05) is 0 Å². The Morgan fingerprint density at radius 1 is 1.39 bits per heavy atom. The van der Waals surface area contributed by atoms with Gasteiger partial charge in [0, 0.05) is 6.20 Å². The van der Waals surface area contributed by atoms with Gasteiger partial charge < -0.3 is 10.4 Å². The number of carbonyl (C=O) groups excluding carboxylic acids is 1. The fourth-order valence-corrected chi connectivity index (χ4v) is 1.23. The number of carbonyl (C=O) groups is 2. The van der Waals surface area contributed by atoms with Gasteiger partial charge in [-0.15, -0.1) is 0 Å². The number of amides is 1. The first-order chi connectivity index (χ1) is 8.30. The Bertz CT molecular complexity index is 434. The van der Waals surface area contributed by atoms with Crippen LogP contribution in [-0.2, 0) is 9.59 Å². The molecule has 0 aromatic carbocycles. The third-order valence-corrected chi connectivity index (χ3v) is 1.99. The summed E-state index contributed by atoms with van der Waals surface area (Å²) in [5, 5.41) is 10.2. The van der Waals surface area contributed by atoms with E-state index in [2.05, 4.69) is 4.98 Å². The largest absolute Gasteiger partial charge is 0.481 e. The van der Waals surface area contributed by atoms with E-state index < -0.39 is 30.5 Å².